The SMILES string of the molecule is C=CCC1CCC(c2ccc(Cl)cc2)N(C(CC)COCC2CC2)C1=O. The van der Waals surface area contributed by atoms with Crippen molar-refractivity contribution in [2.45, 2.75) is 57.5 Å². The van der Waals surface area contributed by atoms with Crippen molar-refractivity contribution < 1.29 is 9.53 Å². The van der Waals surface area contributed by atoms with Gasteiger partial charge in [0, 0.05) is 17.5 Å². The summed E-state index contributed by atoms with van der Waals surface area (Å²) in [5.74, 6) is 1.04. The van der Waals surface area contributed by atoms with Crippen LogP contribution >= 0.6 is 11.6 Å². The smallest absolute Gasteiger partial charge is 0.226 e. The number of amides is 1. The van der Waals surface area contributed by atoms with Crippen LogP contribution in [0.3, 0.4) is 0 Å². The Morgan fingerprint density at radius 3 is 2.62 bits per heavy atom. The fourth-order valence-electron chi connectivity index (χ4n) is 3.90. The van der Waals surface area contributed by atoms with E-state index in [1.165, 1.54) is 18.4 Å². The Morgan fingerprint density at radius 2 is 2.00 bits per heavy atom. The molecule has 0 N–H and O–H groups in total. The largest absolute Gasteiger partial charge is 0.379 e. The van der Waals surface area contributed by atoms with Crippen LogP contribution in [0.1, 0.15) is 57.1 Å². The van der Waals surface area contributed by atoms with E-state index in [9.17, 15) is 4.79 Å². The van der Waals surface area contributed by atoms with E-state index in [2.05, 4.69) is 30.5 Å². The van der Waals surface area contributed by atoms with Crippen molar-refractivity contribution in [3.63, 3.8) is 0 Å². The highest BCUT2D eigenvalue weighted by Crippen LogP contribution is 2.38. The Balaban J connectivity index is 1.79. The van der Waals surface area contributed by atoms with Gasteiger partial charge in [-0.05, 0) is 62.1 Å². The maximum Gasteiger partial charge on any atom is 0.226 e. The Bertz CT molecular complexity index is 611. The van der Waals surface area contributed by atoms with E-state index in [0.29, 0.717) is 6.61 Å². The molecule has 0 bridgehead atoms. The number of piperidine rings is 1. The molecule has 3 atom stereocenters. The van der Waals surface area contributed by atoms with E-state index >= 15 is 0 Å². The van der Waals surface area contributed by atoms with E-state index in [0.717, 1.165) is 43.2 Å². The summed E-state index contributed by atoms with van der Waals surface area (Å²) in [4.78, 5) is 15.4. The summed E-state index contributed by atoms with van der Waals surface area (Å²) in [5.41, 5.74) is 1.17. The molecule has 26 heavy (non-hydrogen) atoms. The maximum absolute atomic E-state index is 13.3. The van der Waals surface area contributed by atoms with Crippen molar-refractivity contribution in [2.75, 3.05) is 13.2 Å². The third-order valence-corrected chi connectivity index (χ3v) is 5.91. The first-order valence-corrected chi connectivity index (χ1v) is 10.3. The molecule has 3 rings (SSSR count). The lowest BCUT2D eigenvalue weighted by Crippen LogP contribution is -2.50. The topological polar surface area (TPSA) is 29.5 Å². The van der Waals surface area contributed by atoms with E-state index in [1.807, 2.05) is 18.2 Å². The van der Waals surface area contributed by atoms with Crippen molar-refractivity contribution >= 4 is 17.5 Å². The van der Waals surface area contributed by atoms with Gasteiger partial charge < -0.3 is 9.64 Å². The van der Waals surface area contributed by atoms with Gasteiger partial charge in [-0.25, -0.2) is 0 Å². The number of rotatable bonds is 9. The first kappa shape index (κ1) is 19.4. The van der Waals surface area contributed by atoms with E-state index < -0.39 is 0 Å². The number of ether oxygens (including phenoxy) is 1. The Morgan fingerprint density at radius 1 is 1.27 bits per heavy atom. The predicted octanol–water partition coefficient (Wildman–Crippen LogP) is 5.40. The Kier molecular flexibility index (Phi) is 6.77. The zero-order chi connectivity index (χ0) is 18.5. The van der Waals surface area contributed by atoms with Gasteiger partial charge in [-0.2, -0.15) is 0 Å². The van der Waals surface area contributed by atoms with Gasteiger partial charge in [0.1, 0.15) is 0 Å². The summed E-state index contributed by atoms with van der Waals surface area (Å²) >= 11 is 6.06. The van der Waals surface area contributed by atoms with Gasteiger partial charge in [0.25, 0.3) is 0 Å². The zero-order valence-corrected chi connectivity index (χ0v) is 16.5. The minimum Gasteiger partial charge on any atom is -0.379 e. The zero-order valence-electron chi connectivity index (χ0n) is 15.7. The summed E-state index contributed by atoms with van der Waals surface area (Å²) in [6.07, 6.45) is 7.98. The number of carbonyl (C=O) groups is 1. The van der Waals surface area contributed by atoms with Crippen molar-refractivity contribution in [1.82, 2.24) is 4.90 Å². The molecular weight excluding hydrogens is 346 g/mol. The number of carbonyl (C=O) groups excluding carboxylic acids is 1. The molecule has 1 saturated carbocycles. The average Bonchev–Trinajstić information content (AvgIpc) is 3.46. The lowest BCUT2D eigenvalue weighted by Gasteiger charge is -2.44. The van der Waals surface area contributed by atoms with Gasteiger partial charge in [0.2, 0.25) is 5.91 Å². The predicted molar refractivity (Wildman–Crippen MR) is 106 cm³/mol. The van der Waals surface area contributed by atoms with E-state index in [1.54, 1.807) is 0 Å². The van der Waals surface area contributed by atoms with Crippen LogP contribution in [0.2, 0.25) is 5.02 Å². The molecule has 3 unspecified atom stereocenters. The van der Waals surface area contributed by atoms with Gasteiger partial charge in [-0.3, -0.25) is 4.79 Å². The quantitative estimate of drug-likeness (QED) is 0.541. The number of hydrogen-bond donors (Lipinski definition) is 0. The number of allylic oxidation sites excluding steroid dienone is 1. The minimum atomic E-state index is 0.0496. The van der Waals surface area contributed by atoms with Crippen molar-refractivity contribution in [1.29, 1.82) is 0 Å². The molecule has 1 aliphatic carbocycles. The average molecular weight is 376 g/mol. The summed E-state index contributed by atoms with van der Waals surface area (Å²) in [6, 6.07) is 8.17. The van der Waals surface area contributed by atoms with Gasteiger partial charge >= 0.3 is 0 Å². The molecule has 1 aromatic carbocycles. The summed E-state index contributed by atoms with van der Waals surface area (Å²) in [7, 11) is 0. The molecule has 142 valence electrons. The van der Waals surface area contributed by atoms with Crippen molar-refractivity contribution in [2.24, 2.45) is 11.8 Å². The maximum atomic E-state index is 13.3. The van der Waals surface area contributed by atoms with Crippen LogP contribution in [-0.2, 0) is 9.53 Å². The fourth-order valence-corrected chi connectivity index (χ4v) is 4.03. The van der Waals surface area contributed by atoms with Crippen molar-refractivity contribution in [3.05, 3.63) is 47.5 Å². The lowest BCUT2D eigenvalue weighted by molar-refractivity contribution is -0.147. The molecule has 2 aliphatic rings. The highest BCUT2D eigenvalue weighted by molar-refractivity contribution is 6.30. The molecule has 3 nitrogen and oxygen atoms in total. The number of nitrogens with zero attached hydrogens (tertiary/aromatic N) is 1. The fraction of sp³-hybridized carbons (Fsp3) is 0.591. The van der Waals surface area contributed by atoms with Crippen LogP contribution < -0.4 is 0 Å². The molecule has 0 spiro atoms. The number of halogens is 1. The Labute approximate surface area is 162 Å². The van der Waals surface area contributed by atoms with Crippen LogP contribution in [0.15, 0.2) is 36.9 Å². The standard InChI is InChI=1S/C22H30ClNO2/c1-3-5-18-10-13-21(17-8-11-19(23)12-9-17)24(22(18)25)20(4-2)15-26-14-16-6-7-16/h3,8-9,11-12,16,18,20-21H,1,4-7,10,13-15H2,2H3. The Hall–Kier alpha value is -1.32. The first-order valence-electron chi connectivity index (χ1n) is 9.90. The number of benzene rings is 1. The van der Waals surface area contributed by atoms with Crippen LogP contribution in [0.5, 0.6) is 0 Å². The lowest BCUT2D eigenvalue weighted by atomic mass is 9.85. The molecule has 4 heteroatoms. The molecule has 0 radical (unpaired) electrons. The summed E-state index contributed by atoms with van der Waals surface area (Å²) in [5, 5.41) is 0.728. The van der Waals surface area contributed by atoms with Gasteiger partial charge in [-0.1, -0.05) is 36.7 Å². The number of hydrogen-bond acceptors (Lipinski definition) is 2. The molecule has 1 aromatic rings. The van der Waals surface area contributed by atoms with Crippen LogP contribution in [0.4, 0.5) is 0 Å². The molecule has 1 heterocycles. The number of likely N-dealkylation sites (tertiary alicyclic amines) is 1. The summed E-state index contributed by atoms with van der Waals surface area (Å²) in [6.45, 7) is 7.44. The first-order chi connectivity index (χ1) is 12.6. The van der Waals surface area contributed by atoms with Gasteiger partial charge in [0.15, 0.2) is 0 Å². The second-order valence-corrected chi connectivity index (χ2v) is 8.09. The molecule has 1 saturated heterocycles. The second kappa shape index (κ2) is 9.05. The highest BCUT2D eigenvalue weighted by atomic mass is 35.5. The molecule has 2 fully saturated rings. The van der Waals surface area contributed by atoms with Crippen LogP contribution in [0, 0.1) is 11.8 Å². The third kappa shape index (κ3) is 4.69. The minimum absolute atomic E-state index is 0.0496. The normalized spacial score (nSPS) is 24.5. The molecule has 1 aliphatic heterocycles. The van der Waals surface area contributed by atoms with Crippen LogP contribution in [0.25, 0.3) is 0 Å². The van der Waals surface area contributed by atoms with Gasteiger partial charge in [-0.15, -0.1) is 6.58 Å². The third-order valence-electron chi connectivity index (χ3n) is 5.66. The summed E-state index contributed by atoms with van der Waals surface area (Å²) < 4.78 is 5.98. The molecule has 0 aromatic heterocycles. The van der Waals surface area contributed by atoms with E-state index in [4.69, 9.17) is 16.3 Å². The highest BCUT2D eigenvalue weighted by Gasteiger charge is 2.39. The van der Waals surface area contributed by atoms with Crippen LogP contribution in [-0.4, -0.2) is 30.1 Å². The van der Waals surface area contributed by atoms with E-state index in [-0.39, 0.29) is 23.9 Å². The van der Waals surface area contributed by atoms with Gasteiger partial charge in [0.05, 0.1) is 18.7 Å². The van der Waals surface area contributed by atoms with Crippen molar-refractivity contribution in [3.8, 4) is 0 Å². The second-order valence-electron chi connectivity index (χ2n) is 7.65. The monoisotopic (exact) mass is 375 g/mol. The molecular formula is C22H30ClNO2. The molecule has 1 amide bonds.